The highest BCUT2D eigenvalue weighted by molar-refractivity contribution is 6.03. The van der Waals surface area contributed by atoms with E-state index in [9.17, 15) is 4.79 Å². The lowest BCUT2D eigenvalue weighted by molar-refractivity contribution is 0.102. The first-order chi connectivity index (χ1) is 12.0. The van der Waals surface area contributed by atoms with E-state index in [1.165, 1.54) is 6.33 Å². The molecule has 1 amide bonds. The number of aromatic nitrogens is 2. The fourth-order valence-corrected chi connectivity index (χ4v) is 2.43. The third kappa shape index (κ3) is 5.45. The number of hydrogen-bond acceptors (Lipinski definition) is 5. The van der Waals surface area contributed by atoms with Crippen LogP contribution in [-0.4, -0.2) is 35.5 Å². The lowest BCUT2D eigenvalue weighted by Gasteiger charge is -2.21. The fourth-order valence-electron chi connectivity index (χ4n) is 2.43. The van der Waals surface area contributed by atoms with E-state index < -0.39 is 0 Å². The summed E-state index contributed by atoms with van der Waals surface area (Å²) in [6.45, 7) is 11.2. The van der Waals surface area contributed by atoms with Gasteiger partial charge in [-0.15, -0.1) is 0 Å². The van der Waals surface area contributed by atoms with Gasteiger partial charge in [-0.3, -0.25) is 4.79 Å². The number of hydrogen-bond donors (Lipinski definition) is 2. The van der Waals surface area contributed by atoms with Gasteiger partial charge in [-0.25, -0.2) is 9.97 Å². The Morgan fingerprint density at radius 3 is 2.40 bits per heavy atom. The van der Waals surface area contributed by atoms with E-state index in [2.05, 4.69) is 53.2 Å². The summed E-state index contributed by atoms with van der Waals surface area (Å²) in [6, 6.07) is 9.51. The quantitative estimate of drug-likeness (QED) is 0.767. The molecule has 0 unspecified atom stereocenters. The average Bonchev–Trinajstić information content (AvgIpc) is 2.62. The molecule has 1 aromatic heterocycles. The Balaban J connectivity index is 2.03. The molecule has 1 heterocycles. The van der Waals surface area contributed by atoms with Gasteiger partial charge < -0.3 is 15.5 Å². The van der Waals surface area contributed by atoms with Gasteiger partial charge in [0.2, 0.25) is 0 Å². The van der Waals surface area contributed by atoms with Gasteiger partial charge in [-0.05, 0) is 44.0 Å². The van der Waals surface area contributed by atoms with Crippen molar-refractivity contribution in [1.82, 2.24) is 9.97 Å². The van der Waals surface area contributed by atoms with Gasteiger partial charge in [0.15, 0.2) is 0 Å². The third-order valence-corrected chi connectivity index (χ3v) is 3.84. The second-order valence-corrected chi connectivity index (χ2v) is 6.24. The summed E-state index contributed by atoms with van der Waals surface area (Å²) in [4.78, 5) is 22.9. The highest BCUT2D eigenvalue weighted by atomic mass is 16.1. The van der Waals surface area contributed by atoms with Crippen LogP contribution in [0.2, 0.25) is 0 Å². The van der Waals surface area contributed by atoms with Gasteiger partial charge in [0, 0.05) is 37.1 Å². The van der Waals surface area contributed by atoms with Crippen molar-refractivity contribution >= 4 is 23.1 Å². The Morgan fingerprint density at radius 2 is 1.80 bits per heavy atom. The Hall–Kier alpha value is -2.63. The first-order valence-electron chi connectivity index (χ1n) is 8.75. The minimum absolute atomic E-state index is 0.245. The van der Waals surface area contributed by atoms with Gasteiger partial charge in [0.25, 0.3) is 5.91 Å². The first kappa shape index (κ1) is 18.7. The van der Waals surface area contributed by atoms with Gasteiger partial charge in [0.05, 0.1) is 0 Å². The van der Waals surface area contributed by atoms with Crippen molar-refractivity contribution in [2.24, 2.45) is 5.92 Å². The van der Waals surface area contributed by atoms with Crippen molar-refractivity contribution in [3.8, 4) is 0 Å². The molecule has 0 saturated carbocycles. The zero-order chi connectivity index (χ0) is 18.2. The minimum Gasteiger partial charge on any atom is -0.372 e. The summed E-state index contributed by atoms with van der Waals surface area (Å²) in [7, 11) is 0. The molecule has 0 saturated heterocycles. The van der Waals surface area contributed by atoms with Crippen LogP contribution >= 0.6 is 0 Å². The monoisotopic (exact) mass is 341 g/mol. The van der Waals surface area contributed by atoms with Crippen molar-refractivity contribution < 1.29 is 4.79 Å². The largest absolute Gasteiger partial charge is 0.372 e. The van der Waals surface area contributed by atoms with Crippen LogP contribution in [0.4, 0.5) is 17.2 Å². The molecule has 6 heteroatoms. The van der Waals surface area contributed by atoms with Crippen molar-refractivity contribution in [3.63, 3.8) is 0 Å². The molecule has 0 fully saturated rings. The molecular formula is C19H27N5O. The van der Waals surface area contributed by atoms with E-state index in [0.717, 1.165) is 31.0 Å². The lowest BCUT2D eigenvalue weighted by atomic mass is 10.2. The molecule has 0 aliphatic rings. The van der Waals surface area contributed by atoms with Crippen LogP contribution < -0.4 is 15.5 Å². The molecule has 134 valence electrons. The van der Waals surface area contributed by atoms with E-state index in [-0.39, 0.29) is 5.91 Å². The van der Waals surface area contributed by atoms with Crippen molar-refractivity contribution in [3.05, 3.63) is 42.4 Å². The second-order valence-electron chi connectivity index (χ2n) is 6.24. The van der Waals surface area contributed by atoms with Gasteiger partial charge >= 0.3 is 0 Å². The number of anilines is 3. The van der Waals surface area contributed by atoms with Crippen molar-refractivity contribution in [2.45, 2.75) is 27.7 Å². The maximum Gasteiger partial charge on any atom is 0.274 e. The number of nitrogens with one attached hydrogen (secondary N) is 2. The summed E-state index contributed by atoms with van der Waals surface area (Å²) < 4.78 is 0. The first-order valence-corrected chi connectivity index (χ1v) is 8.75. The van der Waals surface area contributed by atoms with E-state index >= 15 is 0 Å². The van der Waals surface area contributed by atoms with Crippen LogP contribution in [0.5, 0.6) is 0 Å². The smallest absolute Gasteiger partial charge is 0.274 e. The molecule has 0 radical (unpaired) electrons. The van der Waals surface area contributed by atoms with E-state index in [0.29, 0.717) is 17.4 Å². The molecule has 0 spiro atoms. The van der Waals surface area contributed by atoms with Gasteiger partial charge in [0.1, 0.15) is 17.8 Å². The van der Waals surface area contributed by atoms with Crippen LogP contribution in [0, 0.1) is 5.92 Å². The summed E-state index contributed by atoms with van der Waals surface area (Å²) in [5.74, 6) is 0.910. The Morgan fingerprint density at radius 1 is 1.12 bits per heavy atom. The topological polar surface area (TPSA) is 70.2 Å². The molecule has 2 N–H and O–H groups in total. The Bertz CT molecular complexity index is 680. The van der Waals surface area contributed by atoms with Gasteiger partial charge in [-0.1, -0.05) is 13.8 Å². The molecule has 0 atom stereocenters. The van der Waals surface area contributed by atoms with E-state index in [4.69, 9.17) is 0 Å². The predicted octanol–water partition coefficient (Wildman–Crippen LogP) is 3.64. The summed E-state index contributed by atoms with van der Waals surface area (Å²) in [5.41, 5.74) is 2.23. The molecule has 0 aliphatic heterocycles. The molecule has 6 nitrogen and oxygen atoms in total. The summed E-state index contributed by atoms with van der Waals surface area (Å²) in [5, 5.41) is 6.08. The van der Waals surface area contributed by atoms with E-state index in [1.54, 1.807) is 6.07 Å². The second kappa shape index (κ2) is 9.01. The van der Waals surface area contributed by atoms with Crippen LogP contribution in [0.15, 0.2) is 36.7 Å². The van der Waals surface area contributed by atoms with E-state index in [1.807, 2.05) is 24.3 Å². The Labute approximate surface area is 149 Å². The Kier molecular flexibility index (Phi) is 6.74. The lowest BCUT2D eigenvalue weighted by Crippen LogP contribution is -2.21. The SMILES string of the molecule is CCN(CC)c1ccc(NC(=O)c2cc(NCC(C)C)ncn2)cc1. The van der Waals surface area contributed by atoms with Gasteiger partial charge in [-0.2, -0.15) is 0 Å². The number of benzene rings is 1. The molecule has 0 bridgehead atoms. The van der Waals surface area contributed by atoms with Crippen LogP contribution in [0.25, 0.3) is 0 Å². The minimum atomic E-state index is -0.245. The number of carbonyl (C=O) groups excluding carboxylic acids is 1. The number of carbonyl (C=O) groups is 1. The maximum absolute atomic E-state index is 12.4. The molecule has 0 aliphatic carbocycles. The summed E-state index contributed by atoms with van der Waals surface area (Å²) >= 11 is 0. The number of rotatable bonds is 8. The fraction of sp³-hybridized carbons (Fsp3) is 0.421. The summed E-state index contributed by atoms with van der Waals surface area (Å²) in [6.07, 6.45) is 1.40. The molecule has 1 aromatic carbocycles. The van der Waals surface area contributed by atoms with Crippen LogP contribution in [0.3, 0.4) is 0 Å². The molecule has 2 aromatic rings. The molecular weight excluding hydrogens is 314 g/mol. The van der Waals surface area contributed by atoms with Crippen molar-refractivity contribution in [2.75, 3.05) is 35.2 Å². The highest BCUT2D eigenvalue weighted by Gasteiger charge is 2.10. The zero-order valence-corrected chi connectivity index (χ0v) is 15.4. The average molecular weight is 341 g/mol. The normalized spacial score (nSPS) is 10.6. The molecule has 25 heavy (non-hydrogen) atoms. The third-order valence-electron chi connectivity index (χ3n) is 3.84. The van der Waals surface area contributed by atoms with Crippen LogP contribution in [0.1, 0.15) is 38.2 Å². The highest BCUT2D eigenvalue weighted by Crippen LogP contribution is 2.18. The van der Waals surface area contributed by atoms with Crippen molar-refractivity contribution in [1.29, 1.82) is 0 Å². The molecule has 2 rings (SSSR count). The van der Waals surface area contributed by atoms with Crippen LogP contribution in [-0.2, 0) is 0 Å². The standard InChI is InChI=1S/C19H27N5O/c1-5-24(6-2)16-9-7-15(8-10-16)23-19(25)17-11-18(22-13-21-17)20-12-14(3)4/h7-11,13-14H,5-6,12H2,1-4H3,(H,23,25)(H,20,21,22). The number of amides is 1. The maximum atomic E-state index is 12.4. The number of nitrogens with zero attached hydrogens (tertiary/aromatic N) is 3. The zero-order valence-electron chi connectivity index (χ0n) is 15.4. The predicted molar refractivity (Wildman–Crippen MR) is 103 cm³/mol.